The Morgan fingerprint density at radius 1 is 1.19 bits per heavy atom. The molecule has 2 aromatic carbocycles. The molecule has 0 atom stereocenters. The lowest BCUT2D eigenvalue weighted by atomic mass is 10.1. The number of nitrogens with one attached hydrogen (secondary N) is 1. The van der Waals surface area contributed by atoms with Gasteiger partial charge in [0.1, 0.15) is 5.75 Å². The van der Waals surface area contributed by atoms with E-state index in [1.807, 2.05) is 26.0 Å². The Bertz CT molecular complexity index is 648. The molecule has 0 fully saturated rings. The highest BCUT2D eigenvalue weighted by Crippen LogP contribution is 2.27. The van der Waals surface area contributed by atoms with Crippen molar-refractivity contribution in [2.75, 3.05) is 11.9 Å². The second-order valence-electron chi connectivity index (χ2n) is 4.73. The van der Waals surface area contributed by atoms with Crippen LogP contribution in [0.3, 0.4) is 0 Å². The van der Waals surface area contributed by atoms with Crippen LogP contribution >= 0.6 is 23.2 Å². The molecule has 21 heavy (non-hydrogen) atoms. The molecular formula is C16H15Cl2NO2. The van der Waals surface area contributed by atoms with Gasteiger partial charge in [0.05, 0.1) is 10.7 Å². The number of aryl methyl sites for hydroxylation is 2. The first kappa shape index (κ1) is 15.7. The molecule has 110 valence electrons. The SMILES string of the molecule is Cc1cc(C)c(NC(=O)COc2cccc(Cl)c2)c(Cl)c1. The van der Waals surface area contributed by atoms with Gasteiger partial charge in [0.25, 0.3) is 5.91 Å². The molecule has 0 bridgehead atoms. The topological polar surface area (TPSA) is 38.3 Å². The van der Waals surface area contributed by atoms with Gasteiger partial charge in [-0.2, -0.15) is 0 Å². The minimum atomic E-state index is -0.274. The van der Waals surface area contributed by atoms with Gasteiger partial charge in [0, 0.05) is 5.02 Å². The normalized spacial score (nSPS) is 10.3. The van der Waals surface area contributed by atoms with Crippen LogP contribution in [0.25, 0.3) is 0 Å². The predicted octanol–water partition coefficient (Wildman–Crippen LogP) is 4.63. The molecule has 3 nitrogen and oxygen atoms in total. The summed E-state index contributed by atoms with van der Waals surface area (Å²) in [6, 6.07) is 10.7. The maximum absolute atomic E-state index is 11.9. The molecule has 0 spiro atoms. The summed E-state index contributed by atoms with van der Waals surface area (Å²) in [6.45, 7) is 3.74. The summed E-state index contributed by atoms with van der Waals surface area (Å²) in [5, 5.41) is 3.84. The number of carbonyl (C=O) groups excluding carboxylic acids is 1. The Morgan fingerprint density at radius 2 is 1.95 bits per heavy atom. The first-order chi connectivity index (χ1) is 9.95. The third kappa shape index (κ3) is 4.38. The molecule has 0 aliphatic carbocycles. The third-order valence-corrected chi connectivity index (χ3v) is 3.40. The lowest BCUT2D eigenvalue weighted by molar-refractivity contribution is -0.118. The number of carbonyl (C=O) groups is 1. The summed E-state index contributed by atoms with van der Waals surface area (Å²) in [6.07, 6.45) is 0. The van der Waals surface area contributed by atoms with E-state index in [1.54, 1.807) is 24.3 Å². The summed E-state index contributed by atoms with van der Waals surface area (Å²) in [5.74, 6) is 0.271. The van der Waals surface area contributed by atoms with Gasteiger partial charge in [-0.25, -0.2) is 0 Å². The van der Waals surface area contributed by atoms with Gasteiger partial charge in [-0.15, -0.1) is 0 Å². The van der Waals surface area contributed by atoms with E-state index in [0.29, 0.717) is 21.5 Å². The molecular weight excluding hydrogens is 309 g/mol. The summed E-state index contributed by atoms with van der Waals surface area (Å²) in [7, 11) is 0. The van der Waals surface area contributed by atoms with Gasteiger partial charge >= 0.3 is 0 Å². The fraction of sp³-hybridized carbons (Fsp3) is 0.188. The average Bonchev–Trinajstić information content (AvgIpc) is 2.40. The van der Waals surface area contributed by atoms with Crippen molar-refractivity contribution in [3.05, 3.63) is 57.6 Å². The monoisotopic (exact) mass is 323 g/mol. The third-order valence-electron chi connectivity index (χ3n) is 2.86. The zero-order valence-electron chi connectivity index (χ0n) is 11.7. The molecule has 1 amide bonds. The van der Waals surface area contributed by atoms with E-state index in [-0.39, 0.29) is 12.5 Å². The van der Waals surface area contributed by atoms with Gasteiger partial charge in [-0.3, -0.25) is 4.79 Å². The van der Waals surface area contributed by atoms with Crippen molar-refractivity contribution in [1.29, 1.82) is 0 Å². The second-order valence-corrected chi connectivity index (χ2v) is 5.58. The van der Waals surface area contributed by atoms with Gasteiger partial charge in [-0.1, -0.05) is 35.3 Å². The number of anilines is 1. The highest BCUT2D eigenvalue weighted by Gasteiger charge is 2.10. The number of hydrogen-bond donors (Lipinski definition) is 1. The maximum Gasteiger partial charge on any atom is 0.262 e. The predicted molar refractivity (Wildman–Crippen MR) is 86.5 cm³/mol. The highest BCUT2D eigenvalue weighted by atomic mass is 35.5. The Balaban J connectivity index is 1.99. The molecule has 5 heteroatoms. The fourth-order valence-corrected chi connectivity index (χ4v) is 2.50. The van der Waals surface area contributed by atoms with Crippen LogP contribution in [0.5, 0.6) is 5.75 Å². The van der Waals surface area contributed by atoms with Crippen LogP contribution in [-0.4, -0.2) is 12.5 Å². The van der Waals surface area contributed by atoms with Crippen molar-refractivity contribution in [2.45, 2.75) is 13.8 Å². The minimum Gasteiger partial charge on any atom is -0.484 e. The Kier molecular flexibility index (Phi) is 5.10. The fourth-order valence-electron chi connectivity index (χ4n) is 1.96. The summed E-state index contributed by atoms with van der Waals surface area (Å²) in [4.78, 5) is 11.9. The molecule has 0 heterocycles. The summed E-state index contributed by atoms with van der Waals surface area (Å²) in [5.41, 5.74) is 2.57. The van der Waals surface area contributed by atoms with Gasteiger partial charge in [0.2, 0.25) is 0 Å². The van der Waals surface area contributed by atoms with Crippen LogP contribution in [0, 0.1) is 13.8 Å². The molecule has 0 aliphatic heterocycles. The van der Waals surface area contributed by atoms with Crippen molar-refractivity contribution in [3.63, 3.8) is 0 Å². The molecule has 0 aromatic heterocycles. The first-order valence-electron chi connectivity index (χ1n) is 6.40. The van der Waals surface area contributed by atoms with Gasteiger partial charge in [-0.05, 0) is 49.2 Å². The van der Waals surface area contributed by atoms with Crippen LogP contribution in [0.1, 0.15) is 11.1 Å². The summed E-state index contributed by atoms with van der Waals surface area (Å²) < 4.78 is 5.38. The quantitative estimate of drug-likeness (QED) is 0.890. The second kappa shape index (κ2) is 6.83. The van der Waals surface area contributed by atoms with Crippen molar-refractivity contribution < 1.29 is 9.53 Å². The van der Waals surface area contributed by atoms with E-state index >= 15 is 0 Å². The lowest BCUT2D eigenvalue weighted by Crippen LogP contribution is -2.21. The van der Waals surface area contributed by atoms with E-state index < -0.39 is 0 Å². The zero-order chi connectivity index (χ0) is 15.4. The standard InChI is InChI=1S/C16H15Cl2NO2/c1-10-6-11(2)16(14(18)7-10)19-15(20)9-21-13-5-3-4-12(17)8-13/h3-8H,9H2,1-2H3,(H,19,20). The average molecular weight is 324 g/mol. The molecule has 0 unspecified atom stereocenters. The van der Waals surface area contributed by atoms with Crippen molar-refractivity contribution in [3.8, 4) is 5.75 Å². The largest absolute Gasteiger partial charge is 0.484 e. The molecule has 0 saturated heterocycles. The van der Waals surface area contributed by atoms with Crippen molar-refractivity contribution in [1.82, 2.24) is 0 Å². The van der Waals surface area contributed by atoms with E-state index in [9.17, 15) is 4.79 Å². The van der Waals surface area contributed by atoms with E-state index in [4.69, 9.17) is 27.9 Å². The van der Waals surface area contributed by atoms with Gasteiger partial charge in [0.15, 0.2) is 6.61 Å². The number of benzene rings is 2. The van der Waals surface area contributed by atoms with Crippen LogP contribution in [0.4, 0.5) is 5.69 Å². The molecule has 0 aliphatic rings. The van der Waals surface area contributed by atoms with Crippen LogP contribution in [0.15, 0.2) is 36.4 Å². The Hall–Kier alpha value is -1.71. The van der Waals surface area contributed by atoms with Crippen molar-refractivity contribution in [2.24, 2.45) is 0 Å². The maximum atomic E-state index is 11.9. The van der Waals surface area contributed by atoms with Gasteiger partial charge < -0.3 is 10.1 Å². The van der Waals surface area contributed by atoms with Crippen molar-refractivity contribution >= 4 is 34.8 Å². The van der Waals surface area contributed by atoms with Crippen LogP contribution < -0.4 is 10.1 Å². The zero-order valence-corrected chi connectivity index (χ0v) is 13.3. The Morgan fingerprint density at radius 3 is 2.62 bits per heavy atom. The number of hydrogen-bond acceptors (Lipinski definition) is 2. The molecule has 2 rings (SSSR count). The minimum absolute atomic E-state index is 0.107. The van der Waals surface area contributed by atoms with E-state index in [2.05, 4.69) is 5.32 Å². The molecule has 0 saturated carbocycles. The number of amides is 1. The first-order valence-corrected chi connectivity index (χ1v) is 7.16. The number of ether oxygens (including phenoxy) is 1. The number of halogens is 2. The lowest BCUT2D eigenvalue weighted by Gasteiger charge is -2.12. The van der Waals surface area contributed by atoms with Crippen LogP contribution in [-0.2, 0) is 4.79 Å². The molecule has 2 aromatic rings. The summed E-state index contributed by atoms with van der Waals surface area (Å²) >= 11 is 12.0. The Labute approximate surface area is 133 Å². The smallest absolute Gasteiger partial charge is 0.262 e. The number of rotatable bonds is 4. The molecule has 1 N–H and O–H groups in total. The van der Waals surface area contributed by atoms with Crippen LogP contribution in [0.2, 0.25) is 10.0 Å². The highest BCUT2D eigenvalue weighted by molar-refractivity contribution is 6.34. The van der Waals surface area contributed by atoms with E-state index in [1.165, 1.54) is 0 Å². The van der Waals surface area contributed by atoms with E-state index in [0.717, 1.165) is 11.1 Å². The molecule has 0 radical (unpaired) electrons.